The van der Waals surface area contributed by atoms with Gasteiger partial charge in [0.2, 0.25) is 0 Å². The Hall–Kier alpha value is -0.630. The molecule has 0 aliphatic carbocycles. The second kappa shape index (κ2) is 4.23. The normalized spacial score (nSPS) is 9.30. The molecule has 0 bridgehead atoms. The highest BCUT2D eigenvalue weighted by Crippen LogP contribution is 2.06. The standard InChI is InChI=1S/C8H9OS/c10-7-6-9-8-4-2-1-3-5-8/h1-2,4-5,10H,6-7H2. The van der Waals surface area contributed by atoms with Crippen LogP contribution in [0.25, 0.3) is 0 Å². The lowest BCUT2D eigenvalue weighted by Gasteiger charge is -2.01. The Kier molecular flexibility index (Phi) is 3.16. The van der Waals surface area contributed by atoms with Crippen LogP contribution in [0, 0.1) is 6.07 Å². The Bertz CT molecular complexity index is 174. The third-order valence-electron chi connectivity index (χ3n) is 1.04. The molecule has 0 heterocycles. The van der Waals surface area contributed by atoms with Crippen LogP contribution in [0.5, 0.6) is 5.75 Å². The average molecular weight is 153 g/mol. The maximum absolute atomic E-state index is 5.25. The van der Waals surface area contributed by atoms with Crippen LogP contribution in [0.15, 0.2) is 24.3 Å². The summed E-state index contributed by atoms with van der Waals surface area (Å²) in [6.45, 7) is 0.654. The third kappa shape index (κ3) is 2.31. The molecule has 0 unspecified atom stereocenters. The van der Waals surface area contributed by atoms with Crippen molar-refractivity contribution < 1.29 is 4.74 Å². The Morgan fingerprint density at radius 1 is 1.60 bits per heavy atom. The molecule has 1 aromatic carbocycles. The maximum Gasteiger partial charge on any atom is 0.119 e. The lowest BCUT2D eigenvalue weighted by Crippen LogP contribution is -1.97. The zero-order chi connectivity index (χ0) is 7.23. The summed E-state index contributed by atoms with van der Waals surface area (Å²) in [5.41, 5.74) is 0. The summed E-state index contributed by atoms with van der Waals surface area (Å²) in [7, 11) is 0. The van der Waals surface area contributed by atoms with Gasteiger partial charge in [-0.1, -0.05) is 12.1 Å². The third-order valence-corrected chi connectivity index (χ3v) is 1.22. The predicted octanol–water partition coefficient (Wildman–Crippen LogP) is 1.80. The first-order chi connectivity index (χ1) is 4.93. The number of rotatable bonds is 3. The van der Waals surface area contributed by atoms with Crippen molar-refractivity contribution in [2.75, 3.05) is 12.4 Å². The van der Waals surface area contributed by atoms with E-state index in [1.165, 1.54) is 0 Å². The van der Waals surface area contributed by atoms with Gasteiger partial charge in [-0.25, -0.2) is 0 Å². The molecule has 53 valence electrons. The number of thiol groups is 1. The minimum atomic E-state index is 0.654. The topological polar surface area (TPSA) is 9.23 Å². The molecular weight excluding hydrogens is 144 g/mol. The number of hydrogen-bond donors (Lipinski definition) is 1. The zero-order valence-corrected chi connectivity index (χ0v) is 6.47. The maximum atomic E-state index is 5.25. The average Bonchev–Trinajstić information content (AvgIpc) is 2.03. The van der Waals surface area contributed by atoms with E-state index in [2.05, 4.69) is 18.7 Å². The van der Waals surface area contributed by atoms with Crippen LogP contribution in [0.4, 0.5) is 0 Å². The van der Waals surface area contributed by atoms with E-state index in [0.29, 0.717) is 6.61 Å². The molecule has 0 saturated heterocycles. The van der Waals surface area contributed by atoms with E-state index in [0.717, 1.165) is 11.5 Å². The Labute approximate surface area is 66.4 Å². The Morgan fingerprint density at radius 2 is 2.50 bits per heavy atom. The fourth-order valence-corrected chi connectivity index (χ4v) is 0.721. The van der Waals surface area contributed by atoms with Crippen molar-refractivity contribution in [1.82, 2.24) is 0 Å². The number of hydrogen-bond acceptors (Lipinski definition) is 2. The predicted molar refractivity (Wildman–Crippen MR) is 44.6 cm³/mol. The quantitative estimate of drug-likeness (QED) is 0.651. The lowest BCUT2D eigenvalue weighted by molar-refractivity contribution is 0.344. The van der Waals surface area contributed by atoms with Crippen molar-refractivity contribution in [3.05, 3.63) is 30.3 Å². The molecule has 0 spiro atoms. The summed E-state index contributed by atoms with van der Waals surface area (Å²) in [6.07, 6.45) is 0. The van der Waals surface area contributed by atoms with Crippen LogP contribution in [0.3, 0.4) is 0 Å². The van der Waals surface area contributed by atoms with Crippen molar-refractivity contribution in [2.24, 2.45) is 0 Å². The van der Waals surface area contributed by atoms with Gasteiger partial charge in [0, 0.05) is 5.75 Å². The molecule has 0 amide bonds. The summed E-state index contributed by atoms with van der Waals surface area (Å²) in [4.78, 5) is 0. The molecule has 1 aromatic rings. The highest BCUT2D eigenvalue weighted by atomic mass is 32.1. The molecule has 0 aliphatic heterocycles. The van der Waals surface area contributed by atoms with E-state index in [4.69, 9.17) is 4.74 Å². The van der Waals surface area contributed by atoms with Crippen molar-refractivity contribution in [2.45, 2.75) is 0 Å². The smallest absolute Gasteiger partial charge is 0.119 e. The first-order valence-electron chi connectivity index (χ1n) is 3.13. The Morgan fingerprint density at radius 3 is 3.10 bits per heavy atom. The molecule has 0 aliphatic rings. The SMILES string of the molecule is SCCOc1c[c]ccc1. The molecule has 0 saturated carbocycles. The molecule has 0 aromatic heterocycles. The van der Waals surface area contributed by atoms with Gasteiger partial charge < -0.3 is 4.74 Å². The van der Waals surface area contributed by atoms with Crippen molar-refractivity contribution in [3.63, 3.8) is 0 Å². The molecule has 1 nitrogen and oxygen atoms in total. The number of ether oxygens (including phenoxy) is 1. The number of benzene rings is 1. The second-order valence-electron chi connectivity index (χ2n) is 1.81. The van der Waals surface area contributed by atoms with Crippen LogP contribution in [0.1, 0.15) is 0 Å². The van der Waals surface area contributed by atoms with Gasteiger partial charge >= 0.3 is 0 Å². The van der Waals surface area contributed by atoms with Gasteiger partial charge in [-0.2, -0.15) is 12.6 Å². The monoisotopic (exact) mass is 153 g/mol. The van der Waals surface area contributed by atoms with Gasteiger partial charge in [-0.3, -0.25) is 0 Å². The molecular formula is C8H9OS. The summed E-state index contributed by atoms with van der Waals surface area (Å²) in [5, 5.41) is 0. The summed E-state index contributed by atoms with van der Waals surface area (Å²) in [6, 6.07) is 10.4. The Balaban J connectivity index is 2.43. The molecule has 10 heavy (non-hydrogen) atoms. The molecule has 0 N–H and O–H groups in total. The minimum Gasteiger partial charge on any atom is -0.493 e. The van der Waals surface area contributed by atoms with E-state index < -0.39 is 0 Å². The van der Waals surface area contributed by atoms with E-state index in [-0.39, 0.29) is 0 Å². The summed E-state index contributed by atoms with van der Waals surface area (Å²) < 4.78 is 5.25. The van der Waals surface area contributed by atoms with Gasteiger partial charge in [-0.05, 0) is 18.2 Å². The first-order valence-corrected chi connectivity index (χ1v) is 3.76. The lowest BCUT2D eigenvalue weighted by atomic mass is 10.3. The molecule has 1 radical (unpaired) electrons. The highest BCUT2D eigenvalue weighted by molar-refractivity contribution is 7.80. The molecule has 0 fully saturated rings. The zero-order valence-electron chi connectivity index (χ0n) is 5.58. The highest BCUT2D eigenvalue weighted by Gasteiger charge is 1.87. The van der Waals surface area contributed by atoms with Gasteiger partial charge in [0.25, 0.3) is 0 Å². The van der Waals surface area contributed by atoms with Crippen LogP contribution >= 0.6 is 12.6 Å². The summed E-state index contributed by atoms with van der Waals surface area (Å²) >= 11 is 4.02. The van der Waals surface area contributed by atoms with Crippen molar-refractivity contribution >= 4 is 12.6 Å². The van der Waals surface area contributed by atoms with Crippen molar-refractivity contribution in [1.29, 1.82) is 0 Å². The van der Waals surface area contributed by atoms with E-state index in [9.17, 15) is 0 Å². The molecule has 2 heteroatoms. The van der Waals surface area contributed by atoms with E-state index >= 15 is 0 Å². The van der Waals surface area contributed by atoms with Gasteiger partial charge in [0.15, 0.2) is 0 Å². The first kappa shape index (κ1) is 7.48. The fraction of sp³-hybridized carbons (Fsp3) is 0.250. The van der Waals surface area contributed by atoms with E-state index in [1.807, 2.05) is 24.3 Å². The van der Waals surface area contributed by atoms with Crippen LogP contribution in [0.2, 0.25) is 0 Å². The van der Waals surface area contributed by atoms with E-state index in [1.54, 1.807) is 0 Å². The van der Waals surface area contributed by atoms with Gasteiger partial charge in [0.05, 0.1) is 6.61 Å². The fourth-order valence-electron chi connectivity index (χ4n) is 0.630. The summed E-state index contributed by atoms with van der Waals surface area (Å²) in [5.74, 6) is 1.60. The van der Waals surface area contributed by atoms with Gasteiger partial charge in [0.1, 0.15) is 5.75 Å². The largest absolute Gasteiger partial charge is 0.493 e. The van der Waals surface area contributed by atoms with Crippen molar-refractivity contribution in [3.8, 4) is 5.75 Å². The van der Waals surface area contributed by atoms with Crippen LogP contribution in [-0.4, -0.2) is 12.4 Å². The molecule has 1 rings (SSSR count). The molecule has 0 atom stereocenters. The minimum absolute atomic E-state index is 0.654. The van der Waals surface area contributed by atoms with Crippen LogP contribution < -0.4 is 4.74 Å². The second-order valence-corrected chi connectivity index (χ2v) is 2.26. The van der Waals surface area contributed by atoms with Crippen LogP contribution in [-0.2, 0) is 0 Å². The van der Waals surface area contributed by atoms with Gasteiger partial charge in [-0.15, -0.1) is 0 Å².